The van der Waals surface area contributed by atoms with Gasteiger partial charge in [-0.3, -0.25) is 0 Å². The Morgan fingerprint density at radius 1 is 0.229 bits per heavy atom. The lowest BCUT2D eigenvalue weighted by Crippen LogP contribution is -2.26. The lowest BCUT2D eigenvalue weighted by Gasteiger charge is -2.34. The van der Waals surface area contributed by atoms with E-state index in [2.05, 4.69) is 324 Å². The molecule has 0 fully saturated rings. The quantitative estimate of drug-likeness (QED) is 0.158. The minimum atomic E-state index is -0.525. The highest BCUT2D eigenvalue weighted by Crippen LogP contribution is 2.65. The lowest BCUT2D eigenvalue weighted by molar-refractivity contribution is 0.793. The molecule has 0 aliphatic heterocycles. The minimum absolute atomic E-state index is 0.509. The summed E-state index contributed by atoms with van der Waals surface area (Å²) in [6.07, 6.45) is 0. The molecule has 0 amide bonds. The van der Waals surface area contributed by atoms with Gasteiger partial charge >= 0.3 is 0 Å². The lowest BCUT2D eigenvalue weighted by atomic mass is 9.70. The molecule has 3 nitrogen and oxygen atoms in total. The molecule has 0 saturated carbocycles. The molecule has 14 aromatic rings. The zero-order valence-electron chi connectivity index (χ0n) is 45.3. The number of anilines is 6. The van der Waals surface area contributed by atoms with Gasteiger partial charge in [-0.25, -0.2) is 0 Å². The average molecular weight is 1050 g/mol. The molecule has 0 N–H and O–H groups in total. The number of fused-ring (bicyclic) bond motifs is 23. The zero-order chi connectivity index (χ0) is 54.4. The van der Waals surface area contributed by atoms with E-state index in [0.717, 1.165) is 56.2 Å². The number of rotatable bonds is 7. The van der Waals surface area contributed by atoms with E-state index >= 15 is 0 Å². The summed E-state index contributed by atoms with van der Waals surface area (Å²) in [5, 5.41) is 2.34. The van der Waals surface area contributed by atoms with Gasteiger partial charge in [-0.2, -0.15) is 0 Å². The van der Waals surface area contributed by atoms with E-state index < -0.39 is 10.8 Å². The van der Waals surface area contributed by atoms with Gasteiger partial charge < -0.3 is 14.4 Å². The molecule has 3 heteroatoms. The van der Waals surface area contributed by atoms with Gasteiger partial charge in [0.2, 0.25) is 0 Å². The molecule has 18 rings (SSSR count). The molecule has 0 unspecified atom stereocenters. The Morgan fingerprint density at radius 2 is 0.578 bits per heavy atom. The van der Waals surface area contributed by atoms with Crippen LogP contribution >= 0.6 is 0 Å². The number of benzene rings is 13. The molecule has 0 bridgehead atoms. The highest BCUT2D eigenvalue weighted by molar-refractivity contribution is 6.16. The van der Waals surface area contributed by atoms with Crippen molar-refractivity contribution in [2.75, 3.05) is 9.80 Å². The second-order valence-electron chi connectivity index (χ2n) is 22.6. The summed E-state index contributed by atoms with van der Waals surface area (Å²) in [5.41, 5.74) is 29.6. The van der Waals surface area contributed by atoms with Crippen LogP contribution in [0.2, 0.25) is 0 Å². The molecular formula is C80H51N3. The monoisotopic (exact) mass is 1050 g/mol. The van der Waals surface area contributed by atoms with Crippen LogP contribution in [0.25, 0.3) is 72.0 Å². The first-order chi connectivity index (χ1) is 41.2. The minimum Gasteiger partial charge on any atom is -0.310 e. The van der Waals surface area contributed by atoms with Crippen molar-refractivity contribution in [2.45, 2.75) is 10.8 Å². The Labute approximate surface area is 482 Å². The summed E-state index contributed by atoms with van der Waals surface area (Å²) in [4.78, 5) is 5.04. The SMILES string of the molecule is c1ccc(N(c2ccc3c(c2)C2(c4ccccc4-c4ccccc42)c2ccccc2-3)c2cc(N(c3ccccc3)c3ccc4c(c3)C3(c5ccccc5-c5ccccc53)c3ccccc3-4)c3c(c2)c2ccccc2n3-c2ccccc2)cc1. The van der Waals surface area contributed by atoms with Crippen molar-refractivity contribution in [3.63, 3.8) is 0 Å². The molecule has 1 aromatic heterocycles. The van der Waals surface area contributed by atoms with Gasteiger partial charge in [0.15, 0.2) is 0 Å². The number of para-hydroxylation sites is 4. The van der Waals surface area contributed by atoms with Crippen LogP contribution in [0.1, 0.15) is 44.5 Å². The number of aromatic nitrogens is 1. The molecule has 13 aromatic carbocycles. The van der Waals surface area contributed by atoms with Gasteiger partial charge in [-0.1, -0.05) is 231 Å². The summed E-state index contributed by atoms with van der Waals surface area (Å²) < 4.78 is 2.49. The fourth-order valence-electron chi connectivity index (χ4n) is 15.7. The smallest absolute Gasteiger partial charge is 0.0783 e. The topological polar surface area (TPSA) is 11.4 Å². The second-order valence-corrected chi connectivity index (χ2v) is 22.6. The van der Waals surface area contributed by atoms with E-state index in [-0.39, 0.29) is 0 Å². The average Bonchev–Trinajstić information content (AvgIpc) is 1.75. The molecule has 0 radical (unpaired) electrons. The van der Waals surface area contributed by atoms with Crippen LogP contribution < -0.4 is 9.80 Å². The maximum absolute atomic E-state index is 2.54. The number of hydrogen-bond donors (Lipinski definition) is 0. The van der Waals surface area contributed by atoms with Gasteiger partial charge in [0.1, 0.15) is 0 Å². The van der Waals surface area contributed by atoms with E-state index in [9.17, 15) is 0 Å². The molecular weight excluding hydrogens is 1000 g/mol. The summed E-state index contributed by atoms with van der Waals surface area (Å²) in [5.74, 6) is 0. The van der Waals surface area contributed by atoms with Crippen LogP contribution in [0.3, 0.4) is 0 Å². The van der Waals surface area contributed by atoms with Crippen molar-refractivity contribution < 1.29 is 0 Å². The van der Waals surface area contributed by atoms with Crippen molar-refractivity contribution in [1.82, 2.24) is 4.57 Å². The van der Waals surface area contributed by atoms with E-state index in [1.165, 1.54) is 94.4 Å². The molecule has 0 saturated heterocycles. The summed E-state index contributed by atoms with van der Waals surface area (Å²) >= 11 is 0. The first-order valence-electron chi connectivity index (χ1n) is 28.9. The van der Waals surface area contributed by atoms with E-state index in [0.29, 0.717) is 0 Å². The Kier molecular flexibility index (Phi) is 9.64. The maximum atomic E-state index is 2.54. The second kappa shape index (κ2) is 17.4. The predicted molar refractivity (Wildman–Crippen MR) is 343 cm³/mol. The summed E-state index contributed by atoms with van der Waals surface area (Å²) in [6, 6.07) is 116. The van der Waals surface area contributed by atoms with Crippen LogP contribution in [0, 0.1) is 0 Å². The number of nitrogens with zero attached hydrogens (tertiary/aromatic N) is 3. The summed E-state index contributed by atoms with van der Waals surface area (Å²) in [6.45, 7) is 0. The third-order valence-corrected chi connectivity index (χ3v) is 18.8. The maximum Gasteiger partial charge on any atom is 0.0783 e. The van der Waals surface area contributed by atoms with E-state index in [1.807, 2.05) is 0 Å². The van der Waals surface area contributed by atoms with E-state index in [4.69, 9.17) is 0 Å². The van der Waals surface area contributed by atoms with Crippen molar-refractivity contribution in [3.8, 4) is 50.2 Å². The first-order valence-corrected chi connectivity index (χ1v) is 28.9. The fourth-order valence-corrected chi connectivity index (χ4v) is 15.7. The third kappa shape index (κ3) is 6.12. The van der Waals surface area contributed by atoms with Crippen molar-refractivity contribution in [1.29, 1.82) is 0 Å². The van der Waals surface area contributed by atoms with Crippen molar-refractivity contribution >= 4 is 55.9 Å². The van der Waals surface area contributed by atoms with E-state index in [1.54, 1.807) is 0 Å². The van der Waals surface area contributed by atoms with Crippen molar-refractivity contribution in [3.05, 3.63) is 354 Å². The standard InChI is InChI=1S/C80H51N3/c1-4-24-52(25-5-1)81(55-44-46-64-62-34-14-21-41-72(62)79(74(64)49-55)68-37-17-10-30-58(68)59-31-11-18-38-69(59)79)57-48-67-66-36-16-23-43-76(66)83(54-28-8-3-9-29-54)78(67)77(51-57)82(53-26-6-2-7-27-53)56-45-47-65-63-35-15-22-42-73(63)80(75(65)50-56)70-39-19-12-32-60(70)61-33-13-20-40-71(61)80/h1-51H. The van der Waals surface area contributed by atoms with Gasteiger partial charge in [0.05, 0.1) is 27.6 Å². The van der Waals surface area contributed by atoms with Crippen LogP contribution in [0.15, 0.2) is 309 Å². The normalized spacial score (nSPS) is 13.7. The Bertz CT molecular complexity index is 4870. The van der Waals surface area contributed by atoms with Crippen LogP contribution in [0.4, 0.5) is 34.1 Å². The number of hydrogen-bond acceptors (Lipinski definition) is 2. The Morgan fingerprint density at radius 3 is 1.02 bits per heavy atom. The van der Waals surface area contributed by atoms with Gasteiger partial charge in [-0.15, -0.1) is 0 Å². The largest absolute Gasteiger partial charge is 0.310 e. The van der Waals surface area contributed by atoms with Gasteiger partial charge in [0, 0.05) is 44.9 Å². The molecule has 4 aliphatic rings. The molecule has 83 heavy (non-hydrogen) atoms. The van der Waals surface area contributed by atoms with Crippen LogP contribution in [-0.4, -0.2) is 4.57 Å². The molecule has 386 valence electrons. The van der Waals surface area contributed by atoms with Gasteiger partial charge in [-0.05, 0) is 168 Å². The first kappa shape index (κ1) is 46.1. The third-order valence-electron chi connectivity index (χ3n) is 18.8. The molecule has 0 atom stereocenters. The highest BCUT2D eigenvalue weighted by atomic mass is 15.2. The predicted octanol–water partition coefficient (Wildman–Crippen LogP) is 20.4. The fraction of sp³-hybridized carbons (Fsp3) is 0.0250. The molecule has 1 heterocycles. The van der Waals surface area contributed by atoms with Gasteiger partial charge in [0.25, 0.3) is 0 Å². The molecule has 2 spiro atoms. The molecule has 4 aliphatic carbocycles. The zero-order valence-corrected chi connectivity index (χ0v) is 45.3. The Hall–Kier alpha value is -10.7. The van der Waals surface area contributed by atoms with Crippen LogP contribution in [-0.2, 0) is 10.8 Å². The van der Waals surface area contributed by atoms with Crippen molar-refractivity contribution in [2.24, 2.45) is 0 Å². The Balaban J connectivity index is 0.936. The highest BCUT2D eigenvalue weighted by Gasteiger charge is 2.53. The van der Waals surface area contributed by atoms with Crippen LogP contribution in [0.5, 0.6) is 0 Å². The summed E-state index contributed by atoms with van der Waals surface area (Å²) in [7, 11) is 0.